The molecule has 66 valence electrons. The van der Waals surface area contributed by atoms with Gasteiger partial charge in [0.2, 0.25) is 0 Å². The number of H-pyrrole nitrogens is 1. The highest BCUT2D eigenvalue weighted by atomic mass is 35.5. The second-order valence-electron chi connectivity index (χ2n) is 2.80. The summed E-state index contributed by atoms with van der Waals surface area (Å²) in [7, 11) is 0. The lowest BCUT2D eigenvalue weighted by Gasteiger charge is -1.93. The van der Waals surface area contributed by atoms with E-state index >= 15 is 0 Å². The van der Waals surface area contributed by atoms with Crippen molar-refractivity contribution in [3.8, 4) is 0 Å². The van der Waals surface area contributed by atoms with E-state index in [-0.39, 0.29) is 5.78 Å². The molecule has 3 nitrogen and oxygen atoms in total. The first-order valence-corrected chi connectivity index (χ1v) is 4.19. The Morgan fingerprint density at radius 1 is 1.54 bits per heavy atom. The fourth-order valence-corrected chi connectivity index (χ4v) is 1.51. The van der Waals surface area contributed by atoms with Gasteiger partial charge in [-0.15, -0.1) is 0 Å². The van der Waals surface area contributed by atoms with E-state index in [0.29, 0.717) is 10.6 Å². The van der Waals surface area contributed by atoms with E-state index in [0.717, 1.165) is 10.9 Å². The van der Waals surface area contributed by atoms with Crippen LogP contribution >= 0.6 is 11.6 Å². The second kappa shape index (κ2) is 2.85. The Hall–Kier alpha value is -1.35. The quantitative estimate of drug-likeness (QED) is 0.709. The van der Waals surface area contributed by atoms with Gasteiger partial charge in [-0.2, -0.15) is 0 Å². The van der Waals surface area contributed by atoms with Gasteiger partial charge >= 0.3 is 0 Å². The summed E-state index contributed by atoms with van der Waals surface area (Å²) in [5, 5.41) is 1.31. The van der Waals surface area contributed by atoms with Crippen molar-refractivity contribution in [1.82, 2.24) is 9.97 Å². The van der Waals surface area contributed by atoms with E-state index in [1.54, 1.807) is 18.6 Å². The molecule has 0 unspecified atom stereocenters. The maximum Gasteiger partial charge on any atom is 0.162 e. The van der Waals surface area contributed by atoms with E-state index in [9.17, 15) is 4.79 Å². The molecule has 13 heavy (non-hydrogen) atoms. The van der Waals surface area contributed by atoms with Crippen LogP contribution in [0.3, 0.4) is 0 Å². The fourth-order valence-electron chi connectivity index (χ4n) is 1.30. The lowest BCUT2D eigenvalue weighted by Crippen LogP contribution is -1.88. The molecule has 1 N–H and O–H groups in total. The number of ketones is 1. The topological polar surface area (TPSA) is 45.8 Å². The van der Waals surface area contributed by atoms with E-state index in [1.165, 1.54) is 6.92 Å². The molecule has 0 aliphatic heterocycles. The molecular weight excluding hydrogens is 188 g/mol. The molecule has 0 atom stereocenters. The zero-order valence-electron chi connectivity index (χ0n) is 6.97. The van der Waals surface area contributed by atoms with Crippen molar-refractivity contribution in [2.75, 3.05) is 0 Å². The largest absolute Gasteiger partial charge is 0.359 e. The molecule has 0 fully saturated rings. The minimum absolute atomic E-state index is 0.00955. The summed E-state index contributed by atoms with van der Waals surface area (Å²) >= 11 is 5.87. The molecule has 0 aliphatic carbocycles. The van der Waals surface area contributed by atoms with Gasteiger partial charge in [0.25, 0.3) is 0 Å². The van der Waals surface area contributed by atoms with Crippen LogP contribution in [0.25, 0.3) is 10.9 Å². The number of hydrogen-bond acceptors (Lipinski definition) is 2. The fraction of sp³-hybridized carbons (Fsp3) is 0.111. The highest BCUT2D eigenvalue weighted by molar-refractivity contribution is 6.35. The van der Waals surface area contributed by atoms with Gasteiger partial charge < -0.3 is 4.98 Å². The third kappa shape index (κ3) is 1.21. The van der Waals surface area contributed by atoms with Crippen LogP contribution in [-0.4, -0.2) is 15.8 Å². The summed E-state index contributed by atoms with van der Waals surface area (Å²) in [6.07, 6.45) is 4.83. The average molecular weight is 195 g/mol. The van der Waals surface area contributed by atoms with Gasteiger partial charge in [-0.25, -0.2) is 0 Å². The number of aromatic amines is 1. The SMILES string of the molecule is CC(=O)c1c[nH]c2c(Cl)cncc12. The molecular formula is C9H7ClN2O. The van der Waals surface area contributed by atoms with Crippen molar-refractivity contribution < 1.29 is 4.79 Å². The zero-order chi connectivity index (χ0) is 9.42. The Morgan fingerprint density at radius 2 is 2.31 bits per heavy atom. The number of halogens is 1. The Kier molecular flexibility index (Phi) is 1.81. The number of pyridine rings is 1. The van der Waals surface area contributed by atoms with Crippen LogP contribution in [0, 0.1) is 0 Å². The molecule has 0 aliphatic rings. The zero-order valence-corrected chi connectivity index (χ0v) is 7.72. The predicted octanol–water partition coefficient (Wildman–Crippen LogP) is 2.42. The number of carbonyl (C=O) groups is 1. The van der Waals surface area contributed by atoms with Crippen molar-refractivity contribution in [3.05, 3.63) is 29.2 Å². The number of fused-ring (bicyclic) bond motifs is 1. The molecule has 0 aromatic carbocycles. The molecule has 0 amide bonds. The van der Waals surface area contributed by atoms with Crippen LogP contribution in [0.2, 0.25) is 5.02 Å². The monoisotopic (exact) mass is 194 g/mol. The Bertz CT molecular complexity index is 475. The highest BCUT2D eigenvalue weighted by Crippen LogP contribution is 2.23. The van der Waals surface area contributed by atoms with Crippen molar-refractivity contribution in [1.29, 1.82) is 0 Å². The number of nitrogens with zero attached hydrogens (tertiary/aromatic N) is 1. The molecule has 2 heterocycles. The Morgan fingerprint density at radius 3 is 3.00 bits per heavy atom. The number of hydrogen-bond donors (Lipinski definition) is 1. The van der Waals surface area contributed by atoms with Gasteiger partial charge in [0, 0.05) is 29.5 Å². The lowest BCUT2D eigenvalue weighted by molar-refractivity contribution is 0.101. The summed E-state index contributed by atoms with van der Waals surface area (Å²) in [5.74, 6) is 0.00955. The smallest absolute Gasteiger partial charge is 0.162 e. The second-order valence-corrected chi connectivity index (χ2v) is 3.21. The third-order valence-corrected chi connectivity index (χ3v) is 2.22. The van der Waals surface area contributed by atoms with Crippen LogP contribution in [0.1, 0.15) is 17.3 Å². The molecule has 2 aromatic rings. The van der Waals surface area contributed by atoms with Gasteiger partial charge in [0.15, 0.2) is 5.78 Å². The first-order chi connectivity index (χ1) is 6.20. The molecule has 0 saturated carbocycles. The summed E-state index contributed by atoms with van der Waals surface area (Å²) in [4.78, 5) is 18.0. The van der Waals surface area contributed by atoms with Crippen molar-refractivity contribution in [2.24, 2.45) is 0 Å². The normalized spacial score (nSPS) is 10.6. The number of rotatable bonds is 1. The van der Waals surface area contributed by atoms with Crippen molar-refractivity contribution >= 4 is 28.3 Å². The van der Waals surface area contributed by atoms with E-state index in [4.69, 9.17) is 11.6 Å². The van der Waals surface area contributed by atoms with Crippen molar-refractivity contribution in [3.63, 3.8) is 0 Å². The third-order valence-electron chi connectivity index (χ3n) is 1.93. The lowest BCUT2D eigenvalue weighted by atomic mass is 10.1. The standard InChI is InChI=1S/C9H7ClN2O/c1-5(13)6-3-12-9-7(6)2-11-4-8(9)10/h2-4,12H,1H3. The molecule has 0 spiro atoms. The Labute approximate surface area is 79.7 Å². The van der Waals surface area contributed by atoms with Gasteiger partial charge in [0.05, 0.1) is 10.5 Å². The van der Waals surface area contributed by atoms with Gasteiger partial charge in [-0.05, 0) is 6.92 Å². The van der Waals surface area contributed by atoms with Gasteiger partial charge in [0.1, 0.15) is 0 Å². The first-order valence-electron chi connectivity index (χ1n) is 3.81. The molecule has 0 radical (unpaired) electrons. The number of nitrogens with one attached hydrogen (secondary N) is 1. The van der Waals surface area contributed by atoms with E-state index < -0.39 is 0 Å². The minimum atomic E-state index is 0.00955. The summed E-state index contributed by atoms with van der Waals surface area (Å²) in [5.41, 5.74) is 1.40. The highest BCUT2D eigenvalue weighted by Gasteiger charge is 2.09. The van der Waals surface area contributed by atoms with Crippen LogP contribution in [-0.2, 0) is 0 Å². The van der Waals surface area contributed by atoms with Crippen molar-refractivity contribution in [2.45, 2.75) is 6.92 Å². The van der Waals surface area contributed by atoms with Crippen LogP contribution in [0.5, 0.6) is 0 Å². The van der Waals surface area contributed by atoms with Crippen LogP contribution in [0.15, 0.2) is 18.6 Å². The summed E-state index contributed by atoms with van der Waals surface area (Å²) < 4.78 is 0. The average Bonchev–Trinajstić information content (AvgIpc) is 2.48. The van der Waals surface area contributed by atoms with Crippen LogP contribution in [0.4, 0.5) is 0 Å². The van der Waals surface area contributed by atoms with E-state index in [1.807, 2.05) is 0 Å². The summed E-state index contributed by atoms with van der Waals surface area (Å²) in [6.45, 7) is 1.52. The van der Waals surface area contributed by atoms with E-state index in [2.05, 4.69) is 9.97 Å². The van der Waals surface area contributed by atoms with Crippen LogP contribution < -0.4 is 0 Å². The Balaban J connectivity index is 2.83. The molecule has 0 bridgehead atoms. The summed E-state index contributed by atoms with van der Waals surface area (Å²) in [6, 6.07) is 0. The predicted molar refractivity (Wildman–Crippen MR) is 51.1 cm³/mol. The van der Waals surface area contributed by atoms with Gasteiger partial charge in [-0.3, -0.25) is 9.78 Å². The molecule has 0 saturated heterocycles. The maximum absolute atomic E-state index is 11.1. The minimum Gasteiger partial charge on any atom is -0.359 e. The molecule has 4 heteroatoms. The number of aromatic nitrogens is 2. The number of carbonyl (C=O) groups excluding carboxylic acids is 1. The first kappa shape index (κ1) is 8.26. The maximum atomic E-state index is 11.1. The molecule has 2 rings (SSSR count). The molecule has 2 aromatic heterocycles. The van der Waals surface area contributed by atoms with Gasteiger partial charge in [-0.1, -0.05) is 11.6 Å². The number of Topliss-reactive ketones (excluding diaryl/α,β-unsaturated/α-hetero) is 1.